The topological polar surface area (TPSA) is 0 Å². The molecule has 0 heterocycles. The smallest absolute Gasteiger partial charge is 1.00 e. The molecule has 55 heavy (non-hydrogen) atoms. The number of hydrogen-bond acceptors (Lipinski definition) is 0. The van der Waals surface area contributed by atoms with Gasteiger partial charge in [-0.2, -0.15) is 0 Å². The molecule has 326 valence electrons. The molecule has 0 saturated heterocycles. The third-order valence-corrected chi connectivity index (χ3v) is 12.2. The van der Waals surface area contributed by atoms with Crippen LogP contribution in [-0.2, 0) is 10.8 Å². The van der Waals surface area contributed by atoms with E-state index in [0.717, 1.165) is 0 Å². The molecule has 0 aromatic heterocycles. The van der Waals surface area contributed by atoms with Gasteiger partial charge in [-0.05, 0) is 46.2 Å². The molecule has 26 heteroatoms. The van der Waals surface area contributed by atoms with Crippen LogP contribution in [0.4, 0.5) is 91.6 Å². The predicted octanol–water partition coefficient (Wildman–Crippen LogP) is 1.51. The Balaban J connectivity index is -0.000000986. The fourth-order valence-corrected chi connectivity index (χ4v) is 7.36. The van der Waals surface area contributed by atoms with E-state index in [0.29, 0.717) is 0 Å². The molecule has 2 rings (SSSR count). The standard InChI is InChI=1S/C20H26I.C9H2F21P.3FH/c1-19(2,3)15-7-11-17(12-8-15)21-18-13-9-16(10-14-18)20(4,5)6;10-1(11)3(14,15)5(18,19)6(20,21)7(22,23)9(26,27)31(28,29,30)8(24,25)4(16,17)2(12)13;;;/h7-14H,1-6H3;1-2H;3*1H/q+1;;;;/p-3. The maximum absolute atomic E-state index is 13.1. The van der Waals surface area contributed by atoms with Crippen molar-refractivity contribution in [3.8, 4) is 0 Å². The van der Waals surface area contributed by atoms with Crippen LogP contribution in [0.25, 0.3) is 0 Å². The summed E-state index contributed by atoms with van der Waals surface area (Å²) in [6.07, 6.45) is -12.4. The quantitative estimate of drug-likeness (QED) is 0.182. The SMILES string of the molecule is CC(C)(C)c1ccc([I+]c2ccc(C(C)(C)C)cc2)cc1.FC(F)C(F)(F)C(F)(F)C(F)(F)C(F)(F)C(F)(F)P(F)(F)(F)C(F)(F)C(F)(F)C(F)F.[F-].[F-].[F-]. The van der Waals surface area contributed by atoms with Crippen molar-refractivity contribution in [1.82, 2.24) is 0 Å². The van der Waals surface area contributed by atoms with Gasteiger partial charge in [0.1, 0.15) is 0 Å². The van der Waals surface area contributed by atoms with Crippen LogP contribution in [0.5, 0.6) is 0 Å². The monoisotopic (exact) mass is 990 g/mol. The minimum Gasteiger partial charge on any atom is -1.00 e. The number of halogens is 25. The normalized spacial score (nSPS) is 14.8. The van der Waals surface area contributed by atoms with E-state index in [1.54, 1.807) is 0 Å². The fraction of sp³-hybridized carbons (Fsp3) is 0.586. The van der Waals surface area contributed by atoms with Gasteiger partial charge in [0.25, 0.3) is 0 Å². The molecule has 2 aromatic rings. The largest absolute Gasteiger partial charge is 1.00 e. The zero-order valence-corrected chi connectivity index (χ0v) is 31.2. The minimum absolute atomic E-state index is 0. The Morgan fingerprint density at radius 2 is 0.691 bits per heavy atom. The van der Waals surface area contributed by atoms with Crippen molar-refractivity contribution in [1.29, 1.82) is 0 Å². The first-order valence-corrected chi connectivity index (χ1v) is 17.9. The molecular weight excluding hydrogens is 962 g/mol. The second kappa shape index (κ2) is 17.0. The number of alkyl halides is 18. The van der Waals surface area contributed by atoms with E-state index in [-0.39, 0.29) is 46.1 Å². The van der Waals surface area contributed by atoms with E-state index in [1.165, 1.54) is 18.3 Å². The molecule has 0 nitrogen and oxygen atoms in total. The zero-order valence-electron chi connectivity index (χ0n) is 28.2. The van der Waals surface area contributed by atoms with Crippen molar-refractivity contribution in [2.24, 2.45) is 0 Å². The molecule has 0 N–H and O–H groups in total. The molecule has 0 radical (unpaired) electrons. The second-order valence-electron chi connectivity index (χ2n) is 13.1. The van der Waals surface area contributed by atoms with Gasteiger partial charge >= 0.3 is 174 Å². The Hall–Kier alpha value is -2.08. The summed E-state index contributed by atoms with van der Waals surface area (Å²) in [6, 6.07) is 18.4. The number of rotatable bonds is 11. The summed E-state index contributed by atoms with van der Waals surface area (Å²) in [5.74, 6) is -42.7. The summed E-state index contributed by atoms with van der Waals surface area (Å²) in [4.78, 5) is 0. The van der Waals surface area contributed by atoms with Gasteiger partial charge in [0.15, 0.2) is 7.14 Å². The van der Waals surface area contributed by atoms with Crippen LogP contribution in [0.1, 0.15) is 52.7 Å². The van der Waals surface area contributed by atoms with Gasteiger partial charge in [0, 0.05) is 0 Å². The van der Waals surface area contributed by atoms with E-state index in [9.17, 15) is 91.6 Å². The molecule has 0 aliphatic heterocycles. The molecule has 0 unspecified atom stereocenters. The zero-order chi connectivity index (χ0) is 41.8. The molecule has 2 aromatic carbocycles. The van der Waals surface area contributed by atoms with Gasteiger partial charge in [-0.3, -0.25) is 0 Å². The van der Waals surface area contributed by atoms with Crippen molar-refractivity contribution in [2.75, 3.05) is 0 Å². The van der Waals surface area contributed by atoms with E-state index in [1.807, 2.05) is 0 Å². The van der Waals surface area contributed by atoms with Gasteiger partial charge in [-0.1, -0.05) is 65.8 Å². The average molecular weight is 990 g/mol. The third-order valence-electron chi connectivity index (χ3n) is 7.09. The first-order valence-electron chi connectivity index (χ1n) is 13.8. The van der Waals surface area contributed by atoms with Crippen LogP contribution < -0.4 is 35.3 Å². The molecule has 0 bridgehead atoms. The first-order chi connectivity index (χ1) is 22.6. The van der Waals surface area contributed by atoms with Crippen molar-refractivity contribution in [3.05, 3.63) is 66.8 Å². The molecule has 0 saturated carbocycles. The molecular formula is C29H28F24IP-2. The van der Waals surface area contributed by atoms with Crippen molar-refractivity contribution in [2.45, 2.75) is 106 Å². The summed E-state index contributed by atoms with van der Waals surface area (Å²) < 4.78 is 269. The molecule has 0 atom stereocenters. The summed E-state index contributed by atoms with van der Waals surface area (Å²) in [7, 11) is -12.7. The number of benzene rings is 2. The van der Waals surface area contributed by atoms with Gasteiger partial charge in [-0.25, -0.2) is 0 Å². The molecule has 0 aliphatic carbocycles. The van der Waals surface area contributed by atoms with E-state index >= 15 is 0 Å². The minimum atomic E-state index is -12.7. The Labute approximate surface area is 307 Å². The predicted molar refractivity (Wildman–Crippen MR) is 145 cm³/mol. The third kappa shape index (κ3) is 9.80. The Morgan fingerprint density at radius 1 is 0.418 bits per heavy atom. The van der Waals surface area contributed by atoms with Crippen molar-refractivity contribution < 1.29 is 127 Å². The Bertz CT molecular complexity index is 1450. The van der Waals surface area contributed by atoms with E-state index < -0.39 is 61.3 Å². The van der Waals surface area contributed by atoms with Gasteiger partial charge in [0.2, 0.25) is 0 Å². The fourth-order valence-electron chi connectivity index (χ4n) is 3.66. The maximum Gasteiger partial charge on any atom is -1.00 e. The van der Waals surface area contributed by atoms with Crippen LogP contribution in [0, 0.1) is 7.14 Å². The summed E-state index contributed by atoms with van der Waals surface area (Å²) >= 11 is -0.0703. The Kier molecular flexibility index (Phi) is 17.7. The summed E-state index contributed by atoms with van der Waals surface area (Å²) in [6.45, 7) is 13.6. The second-order valence-corrected chi connectivity index (χ2v) is 18.8. The maximum atomic E-state index is 13.1. The van der Waals surface area contributed by atoms with Crippen LogP contribution in [0.2, 0.25) is 0 Å². The van der Waals surface area contributed by atoms with E-state index in [4.69, 9.17) is 0 Å². The van der Waals surface area contributed by atoms with E-state index in [2.05, 4.69) is 90.1 Å². The molecule has 0 fully saturated rings. The molecule has 0 aliphatic rings. The summed E-state index contributed by atoms with van der Waals surface area (Å²) in [5.41, 5.74) is -15.2. The van der Waals surface area contributed by atoms with Crippen molar-refractivity contribution >= 4 is 7.54 Å². The van der Waals surface area contributed by atoms with Gasteiger partial charge < -0.3 is 14.1 Å². The first kappa shape index (κ1) is 57.2. The van der Waals surface area contributed by atoms with Gasteiger partial charge in [0.05, 0.1) is 0 Å². The van der Waals surface area contributed by atoms with Gasteiger partial charge in [-0.15, -0.1) is 0 Å². The van der Waals surface area contributed by atoms with Crippen LogP contribution in [-0.4, -0.2) is 53.8 Å². The van der Waals surface area contributed by atoms with Crippen LogP contribution in [0.3, 0.4) is 0 Å². The number of hydrogen-bond donors (Lipinski definition) is 0. The molecule has 0 spiro atoms. The molecule has 0 amide bonds. The summed E-state index contributed by atoms with van der Waals surface area (Å²) in [5, 5.41) is 0. The Morgan fingerprint density at radius 3 is 0.927 bits per heavy atom. The van der Waals surface area contributed by atoms with Crippen LogP contribution in [0.15, 0.2) is 48.5 Å². The van der Waals surface area contributed by atoms with Crippen LogP contribution >= 0.6 is 7.54 Å². The van der Waals surface area contributed by atoms with Crippen molar-refractivity contribution in [3.63, 3.8) is 0 Å². The average Bonchev–Trinajstić information content (AvgIpc) is 2.96.